The molecular formula is C26H29N5O3. The first kappa shape index (κ1) is 23.4. The fourth-order valence-electron chi connectivity index (χ4n) is 3.71. The number of nitrogens with one attached hydrogen (secondary N) is 2. The SMILES string of the molecule is CN1CCN(C(=O)c2ccc(CONC(=O)c3ccccc3NCc3ccncc3)cc2)CC1. The van der Waals surface area contributed by atoms with Gasteiger partial charge in [-0.05, 0) is 54.6 Å². The van der Waals surface area contributed by atoms with Crippen LogP contribution < -0.4 is 10.8 Å². The molecule has 1 saturated heterocycles. The summed E-state index contributed by atoms with van der Waals surface area (Å²) >= 11 is 0. The van der Waals surface area contributed by atoms with Crippen molar-refractivity contribution in [1.82, 2.24) is 20.3 Å². The molecule has 0 radical (unpaired) electrons. The number of rotatable bonds is 8. The molecule has 2 amide bonds. The highest BCUT2D eigenvalue weighted by Crippen LogP contribution is 2.16. The highest BCUT2D eigenvalue weighted by atomic mass is 16.6. The Morgan fingerprint density at radius 1 is 0.912 bits per heavy atom. The van der Waals surface area contributed by atoms with Gasteiger partial charge in [0.25, 0.3) is 11.8 Å². The number of likely N-dealkylation sites (N-methyl/N-ethyl adjacent to an activating group) is 1. The van der Waals surface area contributed by atoms with Crippen LogP contribution in [0.15, 0.2) is 73.1 Å². The molecule has 3 aromatic rings. The van der Waals surface area contributed by atoms with Gasteiger partial charge >= 0.3 is 0 Å². The molecule has 1 aromatic heterocycles. The molecule has 8 nitrogen and oxygen atoms in total. The molecule has 4 rings (SSSR count). The quantitative estimate of drug-likeness (QED) is 0.504. The van der Waals surface area contributed by atoms with Crippen LogP contribution >= 0.6 is 0 Å². The Labute approximate surface area is 199 Å². The zero-order valence-electron chi connectivity index (χ0n) is 19.2. The molecule has 8 heteroatoms. The first-order valence-corrected chi connectivity index (χ1v) is 11.3. The molecule has 2 N–H and O–H groups in total. The number of aromatic nitrogens is 1. The van der Waals surface area contributed by atoms with Gasteiger partial charge in [0.1, 0.15) is 0 Å². The largest absolute Gasteiger partial charge is 0.380 e. The Kier molecular flexibility index (Phi) is 7.85. The third-order valence-electron chi connectivity index (χ3n) is 5.80. The van der Waals surface area contributed by atoms with Crippen molar-refractivity contribution in [3.8, 4) is 0 Å². The van der Waals surface area contributed by atoms with Crippen molar-refractivity contribution in [3.63, 3.8) is 0 Å². The number of carbonyl (C=O) groups is 2. The van der Waals surface area contributed by atoms with Crippen LogP contribution in [0.3, 0.4) is 0 Å². The number of nitrogens with zero attached hydrogens (tertiary/aromatic N) is 3. The van der Waals surface area contributed by atoms with E-state index in [4.69, 9.17) is 4.84 Å². The van der Waals surface area contributed by atoms with Crippen molar-refractivity contribution < 1.29 is 14.4 Å². The topological polar surface area (TPSA) is 86.8 Å². The van der Waals surface area contributed by atoms with E-state index in [1.807, 2.05) is 47.4 Å². The third-order valence-corrected chi connectivity index (χ3v) is 5.80. The first-order chi connectivity index (χ1) is 16.6. The van der Waals surface area contributed by atoms with Crippen LogP contribution in [0, 0.1) is 0 Å². The number of benzene rings is 2. The summed E-state index contributed by atoms with van der Waals surface area (Å²) < 4.78 is 0. The highest BCUT2D eigenvalue weighted by molar-refractivity contribution is 5.99. The summed E-state index contributed by atoms with van der Waals surface area (Å²) in [5.41, 5.74) is 6.30. The van der Waals surface area contributed by atoms with E-state index < -0.39 is 0 Å². The summed E-state index contributed by atoms with van der Waals surface area (Å²) in [6.45, 7) is 4.03. The van der Waals surface area contributed by atoms with Gasteiger partial charge in [-0.25, -0.2) is 5.48 Å². The minimum atomic E-state index is -0.334. The van der Waals surface area contributed by atoms with Crippen LogP contribution in [-0.4, -0.2) is 59.8 Å². The zero-order chi connectivity index (χ0) is 23.8. The molecule has 2 heterocycles. The van der Waals surface area contributed by atoms with Crippen LogP contribution in [0.4, 0.5) is 5.69 Å². The van der Waals surface area contributed by atoms with Gasteiger partial charge in [0.2, 0.25) is 0 Å². The van der Waals surface area contributed by atoms with Crippen molar-refractivity contribution in [3.05, 3.63) is 95.3 Å². The molecule has 0 unspecified atom stereocenters. The number of hydrogen-bond acceptors (Lipinski definition) is 6. The van der Waals surface area contributed by atoms with Crippen molar-refractivity contribution in [2.75, 3.05) is 38.5 Å². The number of pyridine rings is 1. The smallest absolute Gasteiger partial charge is 0.276 e. The summed E-state index contributed by atoms with van der Waals surface area (Å²) in [5, 5.41) is 3.28. The minimum absolute atomic E-state index is 0.0461. The molecule has 0 spiro atoms. The second kappa shape index (κ2) is 11.4. The third kappa shape index (κ3) is 6.18. The van der Waals surface area contributed by atoms with Gasteiger partial charge in [-0.2, -0.15) is 0 Å². The molecule has 1 fully saturated rings. The Bertz CT molecular complexity index is 1100. The maximum Gasteiger partial charge on any atom is 0.276 e. The predicted molar refractivity (Wildman–Crippen MR) is 130 cm³/mol. The molecular weight excluding hydrogens is 430 g/mol. The number of carbonyl (C=O) groups excluding carboxylic acids is 2. The lowest BCUT2D eigenvalue weighted by Gasteiger charge is -2.32. The van der Waals surface area contributed by atoms with Crippen molar-refractivity contribution in [1.29, 1.82) is 0 Å². The Morgan fingerprint density at radius 3 is 2.35 bits per heavy atom. The second-order valence-corrected chi connectivity index (χ2v) is 8.27. The molecule has 1 aliphatic heterocycles. The van der Waals surface area contributed by atoms with Gasteiger partial charge in [0.05, 0.1) is 12.2 Å². The average Bonchev–Trinajstić information content (AvgIpc) is 2.88. The lowest BCUT2D eigenvalue weighted by Crippen LogP contribution is -2.47. The molecule has 176 valence electrons. The van der Waals surface area contributed by atoms with Gasteiger partial charge < -0.3 is 15.1 Å². The van der Waals surface area contributed by atoms with E-state index >= 15 is 0 Å². The van der Waals surface area contributed by atoms with Crippen LogP contribution in [0.25, 0.3) is 0 Å². The zero-order valence-corrected chi connectivity index (χ0v) is 19.2. The van der Waals surface area contributed by atoms with E-state index in [0.717, 1.165) is 37.3 Å². The summed E-state index contributed by atoms with van der Waals surface area (Å²) in [4.78, 5) is 38.9. The Morgan fingerprint density at radius 2 is 1.62 bits per heavy atom. The van der Waals surface area contributed by atoms with Crippen LogP contribution in [-0.2, 0) is 18.0 Å². The van der Waals surface area contributed by atoms with Crippen LogP contribution in [0.5, 0.6) is 0 Å². The molecule has 0 atom stereocenters. The van der Waals surface area contributed by atoms with Gasteiger partial charge in [0.15, 0.2) is 0 Å². The normalized spacial score (nSPS) is 14.0. The molecule has 2 aromatic carbocycles. The van der Waals surface area contributed by atoms with E-state index in [2.05, 4.69) is 27.7 Å². The van der Waals surface area contributed by atoms with Crippen LogP contribution in [0.1, 0.15) is 31.8 Å². The van der Waals surface area contributed by atoms with Crippen molar-refractivity contribution in [2.45, 2.75) is 13.2 Å². The van der Waals surface area contributed by atoms with Gasteiger partial charge in [-0.3, -0.25) is 19.4 Å². The minimum Gasteiger partial charge on any atom is -0.380 e. The second-order valence-electron chi connectivity index (χ2n) is 8.27. The van der Waals surface area contributed by atoms with Gasteiger partial charge in [0, 0.05) is 56.4 Å². The molecule has 0 saturated carbocycles. The summed E-state index contributed by atoms with van der Waals surface area (Å²) in [6, 6.07) is 18.4. The monoisotopic (exact) mass is 459 g/mol. The lowest BCUT2D eigenvalue weighted by atomic mass is 10.1. The molecule has 1 aliphatic rings. The van der Waals surface area contributed by atoms with E-state index in [1.165, 1.54) is 0 Å². The fraction of sp³-hybridized carbons (Fsp3) is 0.269. The predicted octanol–water partition coefficient (Wildman–Crippen LogP) is 2.94. The van der Waals surface area contributed by atoms with Gasteiger partial charge in [-0.15, -0.1) is 0 Å². The maximum absolute atomic E-state index is 12.7. The Hall–Kier alpha value is -3.75. The molecule has 34 heavy (non-hydrogen) atoms. The van der Waals surface area contributed by atoms with Crippen molar-refractivity contribution in [2.24, 2.45) is 0 Å². The number of amides is 2. The average molecular weight is 460 g/mol. The number of piperazine rings is 1. The summed E-state index contributed by atoms with van der Waals surface area (Å²) in [6.07, 6.45) is 3.47. The lowest BCUT2D eigenvalue weighted by molar-refractivity contribution is 0.0234. The number of anilines is 1. The van der Waals surface area contributed by atoms with Crippen LogP contribution in [0.2, 0.25) is 0 Å². The van der Waals surface area contributed by atoms with E-state index in [1.54, 1.807) is 30.6 Å². The summed E-state index contributed by atoms with van der Waals surface area (Å²) in [5.74, 6) is -0.288. The van der Waals surface area contributed by atoms with E-state index in [-0.39, 0.29) is 18.4 Å². The molecule has 0 bridgehead atoms. The first-order valence-electron chi connectivity index (χ1n) is 11.3. The summed E-state index contributed by atoms with van der Waals surface area (Å²) in [7, 11) is 2.06. The van der Waals surface area contributed by atoms with Gasteiger partial charge in [-0.1, -0.05) is 24.3 Å². The highest BCUT2D eigenvalue weighted by Gasteiger charge is 2.20. The maximum atomic E-state index is 12.7. The van der Waals surface area contributed by atoms with Crippen molar-refractivity contribution >= 4 is 17.5 Å². The standard InChI is InChI=1S/C26H29N5O3/c1-30-14-16-31(17-15-30)26(33)22-8-6-21(7-9-22)19-34-29-25(32)23-4-2-3-5-24(23)28-18-20-10-12-27-13-11-20/h2-13,28H,14-19H2,1H3,(H,29,32). The number of hydroxylamine groups is 1. The number of hydrogen-bond donors (Lipinski definition) is 2. The Balaban J connectivity index is 1.27. The fourth-order valence-corrected chi connectivity index (χ4v) is 3.71. The van der Waals surface area contributed by atoms with E-state index in [9.17, 15) is 9.59 Å². The molecule has 0 aliphatic carbocycles. The van der Waals surface area contributed by atoms with E-state index in [0.29, 0.717) is 23.4 Å². The number of para-hydroxylation sites is 1.